The molecule has 2 heterocycles. The molecule has 3 aromatic rings. The fourth-order valence-corrected chi connectivity index (χ4v) is 4.67. The Morgan fingerprint density at radius 3 is 2.96 bits per heavy atom. The minimum absolute atomic E-state index is 0.163. The molecule has 0 radical (unpaired) electrons. The van der Waals surface area contributed by atoms with Crippen molar-refractivity contribution in [2.24, 2.45) is 5.92 Å². The highest BCUT2D eigenvalue weighted by Gasteiger charge is 2.23. The lowest BCUT2D eigenvalue weighted by molar-refractivity contribution is 0.103. The van der Waals surface area contributed by atoms with E-state index >= 15 is 0 Å². The van der Waals surface area contributed by atoms with Crippen LogP contribution >= 0.6 is 11.3 Å². The Morgan fingerprint density at radius 2 is 2.19 bits per heavy atom. The smallest absolute Gasteiger partial charge is 0.267 e. The number of carbonyl (C=O) groups excluding carboxylic acids is 1. The summed E-state index contributed by atoms with van der Waals surface area (Å²) in [6, 6.07) is 9.91. The molecule has 0 unspecified atom stereocenters. The average molecular weight is 366 g/mol. The highest BCUT2D eigenvalue weighted by atomic mass is 32.1. The maximum atomic E-state index is 12.8. The van der Waals surface area contributed by atoms with Gasteiger partial charge in [-0.15, -0.1) is 11.3 Å². The van der Waals surface area contributed by atoms with Crippen molar-refractivity contribution in [2.45, 2.75) is 39.5 Å². The van der Waals surface area contributed by atoms with E-state index in [4.69, 9.17) is 10.7 Å². The quantitative estimate of drug-likeness (QED) is 0.690. The van der Waals surface area contributed by atoms with Crippen LogP contribution in [0.5, 0.6) is 0 Å². The van der Waals surface area contributed by atoms with Crippen molar-refractivity contribution in [3.63, 3.8) is 0 Å². The van der Waals surface area contributed by atoms with Gasteiger partial charge in [0.2, 0.25) is 0 Å². The number of rotatable bonds is 3. The normalized spacial score (nSPS) is 16.5. The van der Waals surface area contributed by atoms with Crippen LogP contribution in [0.4, 0.5) is 11.4 Å². The topological polar surface area (TPSA) is 68.0 Å². The molecule has 0 saturated carbocycles. The summed E-state index contributed by atoms with van der Waals surface area (Å²) in [5.41, 5.74) is 11.2. The van der Waals surface area contributed by atoms with E-state index in [1.807, 2.05) is 31.2 Å². The number of nitrogens with one attached hydrogen (secondary N) is 1. The van der Waals surface area contributed by atoms with Gasteiger partial charge in [0.25, 0.3) is 5.91 Å². The lowest BCUT2D eigenvalue weighted by Gasteiger charge is -2.22. The van der Waals surface area contributed by atoms with Crippen LogP contribution in [0.1, 0.15) is 46.3 Å². The second-order valence-corrected chi connectivity index (χ2v) is 8.08. The van der Waals surface area contributed by atoms with Crippen LogP contribution in [-0.4, -0.2) is 10.9 Å². The minimum atomic E-state index is -0.163. The number of aryl methyl sites for hydroxylation is 2. The Kier molecular flexibility index (Phi) is 4.41. The van der Waals surface area contributed by atoms with Crippen LogP contribution in [-0.2, 0) is 12.8 Å². The number of aromatic nitrogens is 1. The van der Waals surface area contributed by atoms with Crippen molar-refractivity contribution in [1.29, 1.82) is 0 Å². The minimum Gasteiger partial charge on any atom is -0.397 e. The number of anilines is 2. The van der Waals surface area contributed by atoms with Crippen molar-refractivity contribution in [1.82, 2.24) is 4.98 Å². The molecule has 4 nitrogen and oxygen atoms in total. The largest absolute Gasteiger partial charge is 0.397 e. The lowest BCUT2D eigenvalue weighted by atomic mass is 9.85. The molecule has 0 aliphatic heterocycles. The number of hydrogen-bond acceptors (Lipinski definition) is 4. The van der Waals surface area contributed by atoms with Crippen LogP contribution in [0.15, 0.2) is 30.3 Å². The monoisotopic (exact) mass is 365 g/mol. The SMILES string of the molecule is CC[C@@H]1CCc2nc3sc(C(=O)Nc4ccccc4C)c(N)c3cc2C1. The molecule has 0 saturated heterocycles. The molecule has 0 spiro atoms. The van der Waals surface area contributed by atoms with Crippen LogP contribution in [0.25, 0.3) is 10.2 Å². The van der Waals surface area contributed by atoms with Gasteiger partial charge >= 0.3 is 0 Å². The van der Waals surface area contributed by atoms with Gasteiger partial charge in [-0.3, -0.25) is 4.79 Å². The highest BCUT2D eigenvalue weighted by Crippen LogP contribution is 2.37. The molecule has 5 heteroatoms. The maximum absolute atomic E-state index is 12.8. The summed E-state index contributed by atoms with van der Waals surface area (Å²) in [5, 5.41) is 3.89. The number of pyridine rings is 1. The number of hydrogen-bond donors (Lipinski definition) is 2. The zero-order valence-electron chi connectivity index (χ0n) is 15.1. The second kappa shape index (κ2) is 6.72. The number of fused-ring (bicyclic) bond motifs is 2. The van der Waals surface area contributed by atoms with Crippen LogP contribution in [0.3, 0.4) is 0 Å². The van der Waals surface area contributed by atoms with Gasteiger partial charge in [-0.25, -0.2) is 4.98 Å². The number of benzene rings is 1. The molecule has 1 amide bonds. The number of amides is 1. The fraction of sp³-hybridized carbons (Fsp3) is 0.333. The van der Waals surface area contributed by atoms with E-state index in [1.54, 1.807) is 0 Å². The summed E-state index contributed by atoms with van der Waals surface area (Å²) in [5.74, 6) is 0.564. The maximum Gasteiger partial charge on any atom is 0.267 e. The zero-order chi connectivity index (χ0) is 18.3. The van der Waals surface area contributed by atoms with E-state index in [9.17, 15) is 4.79 Å². The predicted molar refractivity (Wildman–Crippen MR) is 109 cm³/mol. The molecular formula is C21H23N3OS. The summed E-state index contributed by atoms with van der Waals surface area (Å²) >= 11 is 1.39. The van der Waals surface area contributed by atoms with Gasteiger partial charge in [-0.1, -0.05) is 31.5 Å². The Bertz CT molecular complexity index is 992. The highest BCUT2D eigenvalue weighted by molar-refractivity contribution is 7.21. The summed E-state index contributed by atoms with van der Waals surface area (Å²) in [6.45, 7) is 4.22. The first kappa shape index (κ1) is 17.0. The molecule has 0 bridgehead atoms. The molecule has 1 atom stereocenters. The number of carbonyl (C=O) groups is 1. The van der Waals surface area contributed by atoms with E-state index in [-0.39, 0.29) is 5.91 Å². The molecule has 1 aliphatic rings. The van der Waals surface area contributed by atoms with Crippen molar-refractivity contribution >= 4 is 38.8 Å². The average Bonchev–Trinajstić information content (AvgIpc) is 2.97. The number of para-hydroxylation sites is 1. The molecule has 0 fully saturated rings. The first-order valence-electron chi connectivity index (χ1n) is 9.14. The van der Waals surface area contributed by atoms with Gasteiger partial charge in [0.05, 0.1) is 5.69 Å². The number of thiophene rings is 1. The van der Waals surface area contributed by atoms with Crippen molar-refractivity contribution in [3.05, 3.63) is 52.0 Å². The Balaban J connectivity index is 1.69. The molecule has 3 N–H and O–H groups in total. The third kappa shape index (κ3) is 2.97. The number of nitrogens with zero attached hydrogens (tertiary/aromatic N) is 1. The molecular weight excluding hydrogens is 342 g/mol. The van der Waals surface area contributed by atoms with E-state index in [0.29, 0.717) is 10.6 Å². The lowest BCUT2D eigenvalue weighted by Crippen LogP contribution is -2.14. The van der Waals surface area contributed by atoms with E-state index in [1.165, 1.54) is 35.4 Å². The molecule has 26 heavy (non-hydrogen) atoms. The third-order valence-electron chi connectivity index (χ3n) is 5.36. The Labute approximate surface area is 157 Å². The molecule has 1 aliphatic carbocycles. The van der Waals surface area contributed by atoms with Crippen molar-refractivity contribution < 1.29 is 4.79 Å². The summed E-state index contributed by atoms with van der Waals surface area (Å²) < 4.78 is 0. The van der Waals surface area contributed by atoms with Gasteiger partial charge in [-0.2, -0.15) is 0 Å². The van der Waals surface area contributed by atoms with E-state index < -0.39 is 0 Å². The van der Waals surface area contributed by atoms with Gasteiger partial charge < -0.3 is 11.1 Å². The Morgan fingerprint density at radius 1 is 1.38 bits per heavy atom. The number of nitrogens with two attached hydrogens (primary N) is 1. The van der Waals surface area contributed by atoms with Crippen LogP contribution < -0.4 is 11.1 Å². The summed E-state index contributed by atoms with van der Waals surface area (Å²) in [6.07, 6.45) is 4.48. The summed E-state index contributed by atoms with van der Waals surface area (Å²) in [7, 11) is 0. The van der Waals surface area contributed by atoms with E-state index in [0.717, 1.165) is 40.2 Å². The Hall–Kier alpha value is -2.40. The standard InChI is InChI=1S/C21H23N3OS/c1-3-13-8-9-17-14(10-13)11-15-18(22)19(26-21(15)24-17)20(25)23-16-7-5-4-6-12(16)2/h4-7,11,13H,3,8-10,22H2,1-2H3,(H,23,25)/t13-/m1/s1. The van der Waals surface area contributed by atoms with Crippen LogP contribution in [0.2, 0.25) is 0 Å². The molecule has 2 aromatic heterocycles. The number of nitrogen functional groups attached to an aromatic ring is 1. The van der Waals surface area contributed by atoms with Gasteiger partial charge in [0, 0.05) is 16.8 Å². The first-order valence-corrected chi connectivity index (χ1v) is 9.96. The first-order chi connectivity index (χ1) is 12.6. The zero-order valence-corrected chi connectivity index (χ0v) is 16.0. The second-order valence-electron chi connectivity index (χ2n) is 7.08. The van der Waals surface area contributed by atoms with Gasteiger partial charge in [0.1, 0.15) is 9.71 Å². The molecule has 1 aromatic carbocycles. The molecule has 4 rings (SSSR count). The van der Waals surface area contributed by atoms with Crippen molar-refractivity contribution in [2.75, 3.05) is 11.1 Å². The fourth-order valence-electron chi connectivity index (χ4n) is 3.68. The van der Waals surface area contributed by atoms with Crippen molar-refractivity contribution in [3.8, 4) is 0 Å². The van der Waals surface area contributed by atoms with Gasteiger partial charge in [-0.05, 0) is 55.4 Å². The molecule has 134 valence electrons. The predicted octanol–water partition coefficient (Wildman–Crippen LogP) is 4.95. The van der Waals surface area contributed by atoms with Gasteiger partial charge in [0.15, 0.2) is 0 Å². The summed E-state index contributed by atoms with van der Waals surface area (Å²) in [4.78, 5) is 19.0. The van der Waals surface area contributed by atoms with E-state index in [2.05, 4.69) is 18.3 Å². The third-order valence-corrected chi connectivity index (χ3v) is 6.48. The van der Waals surface area contributed by atoms with Crippen LogP contribution in [0, 0.1) is 12.8 Å².